The number of rotatable bonds is 11. The molecule has 0 saturated carbocycles. The number of anilines is 1. The van der Waals surface area contributed by atoms with E-state index >= 15 is 0 Å². The van der Waals surface area contributed by atoms with Gasteiger partial charge in [0.05, 0.1) is 24.7 Å². The second-order valence-electron chi connectivity index (χ2n) is 11.9. The van der Waals surface area contributed by atoms with Gasteiger partial charge in [-0.3, -0.25) is 14.4 Å². The summed E-state index contributed by atoms with van der Waals surface area (Å²) in [5.74, 6) is 0.656. The Bertz CT molecular complexity index is 1420. The molecule has 3 atom stereocenters. The lowest BCUT2D eigenvalue weighted by Gasteiger charge is -2.36. The quantitative estimate of drug-likeness (QED) is 0.318. The fourth-order valence-corrected chi connectivity index (χ4v) is 5.26. The highest BCUT2D eigenvalue weighted by atomic mass is 16.5. The summed E-state index contributed by atoms with van der Waals surface area (Å²) in [6, 6.07) is 11.9. The van der Waals surface area contributed by atoms with Crippen LogP contribution in [0.5, 0.6) is 5.75 Å². The number of carbonyl (C=O) groups is 3. The van der Waals surface area contributed by atoms with Crippen LogP contribution < -0.4 is 20.7 Å². The van der Waals surface area contributed by atoms with Crippen LogP contribution in [-0.4, -0.2) is 71.3 Å². The lowest BCUT2D eigenvalue weighted by molar-refractivity contribution is -0.143. The third-order valence-electron chi connectivity index (χ3n) is 7.84. The largest absolute Gasteiger partial charge is 0.496 e. The third kappa shape index (κ3) is 7.05. The van der Waals surface area contributed by atoms with Gasteiger partial charge in [0, 0.05) is 36.5 Å². The van der Waals surface area contributed by atoms with E-state index in [0.717, 1.165) is 17.4 Å². The molecule has 2 amide bonds. The Morgan fingerprint density at radius 2 is 1.86 bits per heavy atom. The van der Waals surface area contributed by atoms with E-state index in [0.29, 0.717) is 42.2 Å². The minimum atomic E-state index is -0.764. The van der Waals surface area contributed by atoms with Crippen LogP contribution in [0.3, 0.4) is 0 Å². The summed E-state index contributed by atoms with van der Waals surface area (Å²) in [6.07, 6.45) is 2.88. The fraction of sp³-hybridized carbons (Fsp3) is 0.469. The van der Waals surface area contributed by atoms with Gasteiger partial charge >= 0.3 is 0 Å². The predicted molar refractivity (Wildman–Crippen MR) is 163 cm³/mol. The third-order valence-corrected chi connectivity index (χ3v) is 7.84. The van der Waals surface area contributed by atoms with Crippen LogP contribution in [0.4, 0.5) is 5.82 Å². The smallest absolute Gasteiger partial charge is 0.246 e. The lowest BCUT2D eigenvalue weighted by Crippen LogP contribution is -2.58. The van der Waals surface area contributed by atoms with Crippen molar-refractivity contribution < 1.29 is 19.1 Å². The molecular formula is C32H42N6O4. The number of Topliss-reactive ketones (excluding diaryl/α,β-unsaturated/α-hetero) is 1. The lowest BCUT2D eigenvalue weighted by atomic mass is 9.85. The van der Waals surface area contributed by atoms with Gasteiger partial charge in [-0.1, -0.05) is 51.1 Å². The zero-order chi connectivity index (χ0) is 30.4. The number of fused-ring (bicyclic) bond motifs is 1. The van der Waals surface area contributed by atoms with Gasteiger partial charge in [0.2, 0.25) is 11.8 Å². The summed E-state index contributed by atoms with van der Waals surface area (Å²) < 4.78 is 5.65. The number of ketones is 1. The van der Waals surface area contributed by atoms with E-state index in [-0.39, 0.29) is 24.0 Å². The number of nitrogens with one attached hydrogen (secondary N) is 3. The summed E-state index contributed by atoms with van der Waals surface area (Å²) in [4.78, 5) is 50.8. The molecule has 2 heterocycles. The molecular weight excluding hydrogens is 532 g/mol. The van der Waals surface area contributed by atoms with Crippen LogP contribution in [0.25, 0.3) is 10.9 Å². The highest BCUT2D eigenvalue weighted by Gasteiger charge is 2.42. The average molecular weight is 575 g/mol. The maximum Gasteiger partial charge on any atom is 0.246 e. The van der Waals surface area contributed by atoms with Crippen molar-refractivity contribution in [1.29, 1.82) is 0 Å². The molecule has 1 saturated heterocycles. The molecule has 1 aliphatic rings. The first kappa shape index (κ1) is 30.9. The number of likely N-dealkylation sites (tertiary alicyclic amines) is 1. The van der Waals surface area contributed by atoms with Crippen molar-refractivity contribution in [3.05, 3.63) is 59.9 Å². The highest BCUT2D eigenvalue weighted by Crippen LogP contribution is 2.31. The molecule has 1 aromatic heterocycles. The number of aromatic nitrogens is 2. The summed E-state index contributed by atoms with van der Waals surface area (Å²) in [5.41, 5.74) is 1.98. The van der Waals surface area contributed by atoms with Gasteiger partial charge in [0.25, 0.3) is 0 Å². The van der Waals surface area contributed by atoms with E-state index in [4.69, 9.17) is 4.74 Å². The number of carbonyl (C=O) groups excluding carboxylic acids is 3. The number of ether oxygens (including phenoxy) is 1. The second kappa shape index (κ2) is 13.3. The van der Waals surface area contributed by atoms with Crippen LogP contribution in [-0.2, 0) is 27.3 Å². The van der Waals surface area contributed by atoms with Crippen molar-refractivity contribution in [1.82, 2.24) is 25.5 Å². The number of nitrogens with zero attached hydrogens (tertiary/aromatic N) is 3. The molecule has 0 radical (unpaired) electrons. The highest BCUT2D eigenvalue weighted by molar-refractivity contribution is 5.96. The van der Waals surface area contributed by atoms with Crippen molar-refractivity contribution in [2.45, 2.75) is 71.6 Å². The summed E-state index contributed by atoms with van der Waals surface area (Å²) in [5, 5.41) is 10.00. The molecule has 3 N–H and O–H groups in total. The van der Waals surface area contributed by atoms with Crippen LogP contribution in [0.2, 0.25) is 0 Å². The fourth-order valence-electron chi connectivity index (χ4n) is 5.26. The summed E-state index contributed by atoms with van der Waals surface area (Å²) in [7, 11) is 3.27. The first-order chi connectivity index (χ1) is 20.0. The Labute approximate surface area is 247 Å². The van der Waals surface area contributed by atoms with Crippen molar-refractivity contribution >= 4 is 34.3 Å². The monoisotopic (exact) mass is 574 g/mol. The number of hydrogen-bond donors (Lipinski definition) is 3. The zero-order valence-electron chi connectivity index (χ0n) is 25.4. The first-order valence-electron chi connectivity index (χ1n) is 14.4. The maximum atomic E-state index is 13.8. The van der Waals surface area contributed by atoms with Crippen LogP contribution in [0.15, 0.2) is 48.8 Å². The molecule has 4 rings (SSSR count). The van der Waals surface area contributed by atoms with E-state index in [9.17, 15) is 14.4 Å². The molecule has 10 heteroatoms. The number of benzene rings is 2. The molecule has 0 unspecified atom stereocenters. The Kier molecular flexibility index (Phi) is 9.78. The average Bonchev–Trinajstić information content (AvgIpc) is 3.48. The molecule has 3 aromatic rings. The molecule has 2 aromatic carbocycles. The van der Waals surface area contributed by atoms with Gasteiger partial charge in [-0.2, -0.15) is 0 Å². The van der Waals surface area contributed by atoms with Crippen molar-refractivity contribution in [3.63, 3.8) is 0 Å². The predicted octanol–water partition coefficient (Wildman–Crippen LogP) is 3.49. The molecule has 0 aliphatic carbocycles. The van der Waals surface area contributed by atoms with Crippen molar-refractivity contribution in [2.75, 3.05) is 26.0 Å². The van der Waals surface area contributed by atoms with Gasteiger partial charge in [0.15, 0.2) is 5.78 Å². The van der Waals surface area contributed by atoms with Crippen molar-refractivity contribution in [2.24, 2.45) is 5.41 Å². The molecule has 1 aliphatic heterocycles. The molecule has 224 valence electrons. The van der Waals surface area contributed by atoms with Crippen LogP contribution >= 0.6 is 0 Å². The molecule has 0 bridgehead atoms. The van der Waals surface area contributed by atoms with E-state index in [1.807, 2.05) is 63.2 Å². The van der Waals surface area contributed by atoms with Gasteiger partial charge < -0.3 is 25.6 Å². The zero-order valence-corrected chi connectivity index (χ0v) is 25.4. The number of amides is 2. The van der Waals surface area contributed by atoms with Gasteiger partial charge in [-0.15, -0.1) is 0 Å². The summed E-state index contributed by atoms with van der Waals surface area (Å²) >= 11 is 0. The van der Waals surface area contributed by atoms with Crippen molar-refractivity contribution in [3.8, 4) is 5.75 Å². The number of likely N-dealkylation sites (N-methyl/N-ethyl adjacent to an activating group) is 1. The molecule has 0 spiro atoms. The normalized spacial score (nSPS) is 16.6. The topological polar surface area (TPSA) is 126 Å². The first-order valence-corrected chi connectivity index (χ1v) is 14.4. The minimum Gasteiger partial charge on any atom is -0.496 e. The van der Waals surface area contributed by atoms with E-state index < -0.39 is 23.5 Å². The Hall–Kier alpha value is -4.05. The van der Waals surface area contributed by atoms with E-state index in [1.165, 1.54) is 6.33 Å². The van der Waals surface area contributed by atoms with Crippen LogP contribution in [0, 0.1) is 5.41 Å². The Balaban J connectivity index is 1.56. The minimum absolute atomic E-state index is 0.0725. The maximum absolute atomic E-state index is 13.8. The van der Waals surface area contributed by atoms with E-state index in [1.54, 1.807) is 26.0 Å². The second-order valence-corrected chi connectivity index (χ2v) is 11.9. The van der Waals surface area contributed by atoms with Gasteiger partial charge in [-0.25, -0.2) is 9.97 Å². The van der Waals surface area contributed by atoms with Gasteiger partial charge in [0.1, 0.15) is 23.9 Å². The van der Waals surface area contributed by atoms with Gasteiger partial charge in [-0.05, 0) is 43.9 Å². The molecule has 42 heavy (non-hydrogen) atoms. The Morgan fingerprint density at radius 1 is 1.12 bits per heavy atom. The molecule has 1 fully saturated rings. The number of methoxy groups -OCH3 is 1. The van der Waals surface area contributed by atoms with Crippen LogP contribution in [0.1, 0.15) is 51.7 Å². The van der Waals surface area contributed by atoms with E-state index in [2.05, 4.69) is 25.9 Å². The Morgan fingerprint density at radius 3 is 2.52 bits per heavy atom. The SMILES string of the molecule is CN[C@@H](C)C(=O)N[C@H](C(=O)N1CCC[C@H]1C(=O)Cc1cc2c(NCc3ccccc3)ncnc2cc1OC)C(C)(C)C. The number of hydrogen-bond acceptors (Lipinski definition) is 8. The summed E-state index contributed by atoms with van der Waals surface area (Å²) in [6.45, 7) is 8.54. The standard InChI is InChI=1S/C32H42N6O4/c1-20(33-5)30(40)37-28(32(2,3)4)31(41)38-14-10-13-25(38)26(39)16-22-15-23-24(17-27(22)42-6)35-19-36-29(23)34-18-21-11-8-7-9-12-21/h7-9,11-12,15,17,19-20,25,28,33H,10,13-14,16,18H2,1-6H3,(H,37,40)(H,34,35,36)/t20-,25-,28+/m0/s1. The molecule has 10 nitrogen and oxygen atoms in total.